The molecule has 0 fully saturated rings. The van der Waals surface area contributed by atoms with Gasteiger partial charge in [0.1, 0.15) is 0 Å². The van der Waals surface area contributed by atoms with E-state index in [-0.39, 0.29) is 17.7 Å². The predicted octanol–water partition coefficient (Wildman–Crippen LogP) is 2.17. The SMILES string of the molecule is NC(=O)c1ccc(NC(=O)CNC(=O)c2ccc(C(F)(F)F)cc2)cc1. The number of anilines is 1. The van der Waals surface area contributed by atoms with E-state index in [1.807, 2.05) is 0 Å². The number of carbonyl (C=O) groups excluding carboxylic acids is 3. The molecule has 0 unspecified atom stereocenters. The van der Waals surface area contributed by atoms with Crippen LogP contribution in [0.1, 0.15) is 26.3 Å². The summed E-state index contributed by atoms with van der Waals surface area (Å²) >= 11 is 0. The number of benzene rings is 2. The number of halogens is 3. The van der Waals surface area contributed by atoms with Gasteiger partial charge in [-0.2, -0.15) is 13.2 Å². The van der Waals surface area contributed by atoms with E-state index in [1.165, 1.54) is 24.3 Å². The van der Waals surface area contributed by atoms with Gasteiger partial charge in [-0.25, -0.2) is 0 Å². The Morgan fingerprint density at radius 1 is 0.885 bits per heavy atom. The molecule has 0 aromatic heterocycles. The molecule has 26 heavy (non-hydrogen) atoms. The molecule has 6 nitrogen and oxygen atoms in total. The Hall–Kier alpha value is -3.36. The van der Waals surface area contributed by atoms with Gasteiger partial charge in [-0.05, 0) is 48.5 Å². The maximum atomic E-state index is 12.5. The van der Waals surface area contributed by atoms with Gasteiger partial charge in [0.25, 0.3) is 5.91 Å². The molecule has 2 aromatic rings. The van der Waals surface area contributed by atoms with E-state index >= 15 is 0 Å². The van der Waals surface area contributed by atoms with Crippen molar-refractivity contribution in [1.29, 1.82) is 0 Å². The van der Waals surface area contributed by atoms with Gasteiger partial charge in [0.15, 0.2) is 0 Å². The quantitative estimate of drug-likeness (QED) is 0.757. The van der Waals surface area contributed by atoms with Crippen LogP contribution in [-0.2, 0) is 11.0 Å². The summed E-state index contributed by atoms with van der Waals surface area (Å²) < 4.78 is 37.4. The van der Waals surface area contributed by atoms with Gasteiger partial charge in [0.05, 0.1) is 12.1 Å². The van der Waals surface area contributed by atoms with Crippen LogP contribution in [0.3, 0.4) is 0 Å². The molecule has 9 heteroatoms. The molecule has 0 radical (unpaired) electrons. The molecular weight excluding hydrogens is 351 g/mol. The third kappa shape index (κ3) is 5.07. The average molecular weight is 365 g/mol. The zero-order valence-electron chi connectivity index (χ0n) is 13.3. The van der Waals surface area contributed by atoms with E-state index in [2.05, 4.69) is 10.6 Å². The fourth-order valence-electron chi connectivity index (χ4n) is 2.00. The van der Waals surface area contributed by atoms with Gasteiger partial charge in [0, 0.05) is 16.8 Å². The van der Waals surface area contributed by atoms with Gasteiger partial charge < -0.3 is 16.4 Å². The number of primary amides is 1. The molecule has 2 aromatic carbocycles. The van der Waals surface area contributed by atoms with E-state index in [4.69, 9.17) is 5.73 Å². The molecule has 136 valence electrons. The molecule has 0 aliphatic carbocycles. The predicted molar refractivity (Wildman–Crippen MR) is 87.4 cm³/mol. The second kappa shape index (κ2) is 7.68. The smallest absolute Gasteiger partial charge is 0.366 e. The third-order valence-corrected chi connectivity index (χ3v) is 3.34. The summed E-state index contributed by atoms with van der Waals surface area (Å²) in [6, 6.07) is 9.42. The first kappa shape index (κ1) is 19.0. The zero-order valence-corrected chi connectivity index (χ0v) is 13.3. The van der Waals surface area contributed by atoms with Gasteiger partial charge in [-0.1, -0.05) is 0 Å². The zero-order chi connectivity index (χ0) is 19.3. The Labute approximate surface area is 146 Å². The van der Waals surface area contributed by atoms with E-state index in [9.17, 15) is 27.6 Å². The highest BCUT2D eigenvalue weighted by molar-refractivity contribution is 5.99. The second-order valence-electron chi connectivity index (χ2n) is 5.25. The van der Waals surface area contributed by atoms with Crippen molar-refractivity contribution >= 4 is 23.4 Å². The number of carbonyl (C=O) groups is 3. The highest BCUT2D eigenvalue weighted by Gasteiger charge is 2.30. The van der Waals surface area contributed by atoms with Crippen LogP contribution < -0.4 is 16.4 Å². The van der Waals surface area contributed by atoms with Crippen LogP contribution in [0.4, 0.5) is 18.9 Å². The molecule has 3 amide bonds. The maximum absolute atomic E-state index is 12.5. The van der Waals surface area contributed by atoms with Gasteiger partial charge >= 0.3 is 6.18 Å². The van der Waals surface area contributed by atoms with Crippen molar-refractivity contribution in [3.63, 3.8) is 0 Å². The summed E-state index contributed by atoms with van der Waals surface area (Å²) in [5, 5.41) is 4.79. The maximum Gasteiger partial charge on any atom is 0.416 e. The Balaban J connectivity index is 1.88. The van der Waals surface area contributed by atoms with Crippen molar-refractivity contribution in [1.82, 2.24) is 5.32 Å². The van der Waals surface area contributed by atoms with Crippen molar-refractivity contribution in [2.75, 3.05) is 11.9 Å². The van der Waals surface area contributed by atoms with Crippen LogP contribution >= 0.6 is 0 Å². The molecule has 0 aliphatic heterocycles. The molecular formula is C17H14F3N3O3. The Morgan fingerprint density at radius 3 is 1.92 bits per heavy atom. The van der Waals surface area contributed by atoms with Crippen LogP contribution in [0, 0.1) is 0 Å². The van der Waals surface area contributed by atoms with Crippen molar-refractivity contribution in [2.45, 2.75) is 6.18 Å². The topological polar surface area (TPSA) is 101 Å². The molecule has 0 aliphatic rings. The number of hydrogen-bond acceptors (Lipinski definition) is 3. The lowest BCUT2D eigenvalue weighted by Gasteiger charge is -2.09. The molecule has 0 saturated carbocycles. The number of nitrogens with one attached hydrogen (secondary N) is 2. The summed E-state index contributed by atoms with van der Waals surface area (Å²) in [5.41, 5.74) is 4.89. The van der Waals surface area contributed by atoms with Crippen LogP contribution in [-0.4, -0.2) is 24.3 Å². The number of amides is 3. The molecule has 0 atom stereocenters. The van der Waals surface area contributed by atoms with Crippen LogP contribution in [0.25, 0.3) is 0 Å². The van der Waals surface area contributed by atoms with Crippen molar-refractivity contribution < 1.29 is 27.6 Å². The molecule has 0 bridgehead atoms. The van der Waals surface area contributed by atoms with E-state index in [1.54, 1.807) is 0 Å². The van der Waals surface area contributed by atoms with Crippen molar-refractivity contribution in [3.8, 4) is 0 Å². The van der Waals surface area contributed by atoms with E-state index in [0.717, 1.165) is 24.3 Å². The van der Waals surface area contributed by atoms with E-state index in [0.29, 0.717) is 5.69 Å². The van der Waals surface area contributed by atoms with Crippen LogP contribution in [0.5, 0.6) is 0 Å². The molecule has 0 heterocycles. The first-order valence-electron chi connectivity index (χ1n) is 7.32. The molecule has 2 rings (SSSR count). The Kier molecular flexibility index (Phi) is 5.61. The first-order valence-corrected chi connectivity index (χ1v) is 7.32. The minimum Gasteiger partial charge on any atom is -0.366 e. The summed E-state index contributed by atoms with van der Waals surface area (Å²) in [4.78, 5) is 34.6. The Morgan fingerprint density at radius 2 is 1.42 bits per heavy atom. The minimum atomic E-state index is -4.49. The summed E-state index contributed by atoms with van der Waals surface area (Å²) in [6.45, 7) is -0.378. The normalized spacial score (nSPS) is 10.9. The molecule has 0 spiro atoms. The van der Waals surface area contributed by atoms with Gasteiger partial charge in [0.2, 0.25) is 11.8 Å². The monoisotopic (exact) mass is 365 g/mol. The van der Waals surface area contributed by atoms with Gasteiger partial charge in [-0.15, -0.1) is 0 Å². The lowest BCUT2D eigenvalue weighted by atomic mass is 10.1. The highest BCUT2D eigenvalue weighted by atomic mass is 19.4. The number of alkyl halides is 3. The summed E-state index contributed by atoms with van der Waals surface area (Å²) in [6.07, 6.45) is -4.49. The van der Waals surface area contributed by atoms with Crippen LogP contribution in [0.15, 0.2) is 48.5 Å². The lowest BCUT2D eigenvalue weighted by Crippen LogP contribution is -2.32. The highest BCUT2D eigenvalue weighted by Crippen LogP contribution is 2.29. The lowest BCUT2D eigenvalue weighted by molar-refractivity contribution is -0.137. The first-order chi connectivity index (χ1) is 12.2. The van der Waals surface area contributed by atoms with Crippen molar-refractivity contribution in [3.05, 3.63) is 65.2 Å². The van der Waals surface area contributed by atoms with E-state index < -0.39 is 29.5 Å². The van der Waals surface area contributed by atoms with Crippen LogP contribution in [0.2, 0.25) is 0 Å². The minimum absolute atomic E-state index is 0.00314. The number of rotatable bonds is 5. The largest absolute Gasteiger partial charge is 0.416 e. The standard InChI is InChI=1S/C17H14F3N3O3/c18-17(19,20)12-5-1-11(2-6-12)16(26)22-9-14(24)23-13-7-3-10(4-8-13)15(21)25/h1-8H,9H2,(H2,21,25)(H,22,26)(H,23,24). The fraction of sp³-hybridized carbons (Fsp3) is 0.118. The van der Waals surface area contributed by atoms with Crippen molar-refractivity contribution in [2.24, 2.45) is 5.73 Å². The molecule has 4 N–H and O–H groups in total. The number of nitrogens with two attached hydrogens (primary N) is 1. The van der Waals surface area contributed by atoms with Gasteiger partial charge in [-0.3, -0.25) is 14.4 Å². The summed E-state index contributed by atoms with van der Waals surface area (Å²) in [7, 11) is 0. The second-order valence-corrected chi connectivity index (χ2v) is 5.25. The fourth-order valence-corrected chi connectivity index (χ4v) is 2.00. The Bertz CT molecular complexity index is 816. The average Bonchev–Trinajstić information content (AvgIpc) is 2.59. The summed E-state index contributed by atoms with van der Waals surface area (Å²) in [5.74, 6) is -1.83. The number of hydrogen-bond donors (Lipinski definition) is 3. The molecule has 0 saturated heterocycles. The third-order valence-electron chi connectivity index (χ3n) is 3.34.